The summed E-state index contributed by atoms with van der Waals surface area (Å²) in [7, 11) is 1.90. The van der Waals surface area contributed by atoms with Crippen molar-refractivity contribution in [2.45, 2.75) is 52.1 Å². The van der Waals surface area contributed by atoms with E-state index in [-0.39, 0.29) is 10.8 Å². The minimum Gasteiger partial charge on any atom is -0.508 e. The molecule has 1 aromatic rings. The highest BCUT2D eigenvalue weighted by atomic mass is 16.7. The molecule has 25 heavy (non-hydrogen) atoms. The number of carbonyl (C=O) groups is 1. The van der Waals surface area contributed by atoms with Gasteiger partial charge in [-0.25, -0.2) is 0 Å². The average molecular weight is 346 g/mol. The SMILES string of the molecule is CN1CCC2(CCN(OCc3ccc(O)c(C(C)(C)C)c3)CC2)C1=O. The number of hydroxylamine groups is 2. The molecule has 0 aliphatic carbocycles. The van der Waals surface area contributed by atoms with Crippen LogP contribution >= 0.6 is 0 Å². The van der Waals surface area contributed by atoms with E-state index < -0.39 is 0 Å². The first-order valence-corrected chi connectivity index (χ1v) is 9.17. The predicted octanol–water partition coefficient (Wildman–Crippen LogP) is 3.07. The number of aromatic hydroxyl groups is 1. The summed E-state index contributed by atoms with van der Waals surface area (Å²) in [5, 5.41) is 12.1. The van der Waals surface area contributed by atoms with Gasteiger partial charge in [-0.3, -0.25) is 9.63 Å². The third-order valence-corrected chi connectivity index (χ3v) is 5.69. The Morgan fingerprint density at radius 2 is 1.80 bits per heavy atom. The molecule has 2 heterocycles. The molecule has 1 N–H and O–H groups in total. The number of phenols is 1. The van der Waals surface area contributed by atoms with E-state index in [2.05, 4.69) is 20.8 Å². The van der Waals surface area contributed by atoms with Crippen molar-refractivity contribution in [1.82, 2.24) is 9.96 Å². The third-order valence-electron chi connectivity index (χ3n) is 5.69. The Morgan fingerprint density at radius 1 is 1.16 bits per heavy atom. The number of rotatable bonds is 3. The zero-order chi connectivity index (χ0) is 18.2. The summed E-state index contributed by atoms with van der Waals surface area (Å²) in [5.74, 6) is 0.639. The molecule has 2 fully saturated rings. The minimum atomic E-state index is -0.146. The fraction of sp³-hybridized carbons (Fsp3) is 0.650. The van der Waals surface area contributed by atoms with Crippen molar-refractivity contribution in [3.05, 3.63) is 29.3 Å². The summed E-state index contributed by atoms with van der Waals surface area (Å²) in [4.78, 5) is 20.2. The molecule has 5 nitrogen and oxygen atoms in total. The lowest BCUT2D eigenvalue weighted by molar-refractivity contribution is -0.193. The van der Waals surface area contributed by atoms with Crippen molar-refractivity contribution in [1.29, 1.82) is 0 Å². The molecule has 1 spiro atoms. The van der Waals surface area contributed by atoms with Gasteiger partial charge in [-0.2, -0.15) is 5.06 Å². The van der Waals surface area contributed by atoms with Crippen molar-refractivity contribution in [3.63, 3.8) is 0 Å². The van der Waals surface area contributed by atoms with Crippen LogP contribution in [-0.4, -0.2) is 47.7 Å². The van der Waals surface area contributed by atoms with E-state index in [1.165, 1.54) is 0 Å². The number of hydrogen-bond acceptors (Lipinski definition) is 4. The van der Waals surface area contributed by atoms with Crippen molar-refractivity contribution in [3.8, 4) is 5.75 Å². The second-order valence-electron chi connectivity index (χ2n) is 8.56. The van der Waals surface area contributed by atoms with Crippen LogP contribution in [0.2, 0.25) is 0 Å². The van der Waals surface area contributed by atoms with Crippen molar-refractivity contribution in [2.75, 3.05) is 26.7 Å². The van der Waals surface area contributed by atoms with Crippen molar-refractivity contribution < 1.29 is 14.7 Å². The number of piperidine rings is 1. The van der Waals surface area contributed by atoms with E-state index in [9.17, 15) is 9.90 Å². The number of phenolic OH excluding ortho intramolecular Hbond substituents is 1. The van der Waals surface area contributed by atoms with Crippen LogP contribution in [0.5, 0.6) is 5.75 Å². The van der Waals surface area contributed by atoms with Crippen LogP contribution in [0.15, 0.2) is 18.2 Å². The lowest BCUT2D eigenvalue weighted by Crippen LogP contribution is -2.43. The molecule has 2 aliphatic heterocycles. The molecule has 2 saturated heterocycles. The van der Waals surface area contributed by atoms with E-state index in [0.717, 1.165) is 50.0 Å². The van der Waals surface area contributed by atoms with Gasteiger partial charge in [-0.15, -0.1) is 0 Å². The zero-order valence-electron chi connectivity index (χ0n) is 15.8. The second kappa shape index (κ2) is 6.61. The van der Waals surface area contributed by atoms with Crippen LogP contribution in [-0.2, 0) is 21.7 Å². The molecular weight excluding hydrogens is 316 g/mol. The topological polar surface area (TPSA) is 53.0 Å². The maximum atomic E-state index is 12.4. The highest BCUT2D eigenvalue weighted by molar-refractivity contribution is 5.84. The number of benzene rings is 1. The first-order valence-electron chi connectivity index (χ1n) is 9.17. The number of amides is 1. The Hall–Kier alpha value is -1.59. The normalized spacial score (nSPS) is 21.3. The van der Waals surface area contributed by atoms with Gasteiger partial charge in [0.05, 0.1) is 12.0 Å². The lowest BCUT2D eigenvalue weighted by Gasteiger charge is -2.37. The Kier molecular flexibility index (Phi) is 4.82. The molecular formula is C20H30N2O3. The van der Waals surface area contributed by atoms with Crippen molar-refractivity contribution >= 4 is 5.91 Å². The van der Waals surface area contributed by atoms with E-state index in [1.54, 1.807) is 6.07 Å². The van der Waals surface area contributed by atoms with Gasteiger partial charge in [0.2, 0.25) is 5.91 Å². The molecule has 1 aromatic carbocycles. The smallest absolute Gasteiger partial charge is 0.228 e. The fourth-order valence-corrected chi connectivity index (χ4v) is 3.94. The van der Waals surface area contributed by atoms with Gasteiger partial charge in [-0.1, -0.05) is 26.8 Å². The fourth-order valence-electron chi connectivity index (χ4n) is 3.94. The summed E-state index contributed by atoms with van der Waals surface area (Å²) >= 11 is 0. The number of likely N-dealkylation sites (tertiary alicyclic amines) is 1. The number of nitrogens with zero attached hydrogens (tertiary/aromatic N) is 2. The summed E-state index contributed by atoms with van der Waals surface area (Å²) in [5.41, 5.74) is 1.74. The van der Waals surface area contributed by atoms with Crippen LogP contribution < -0.4 is 0 Å². The van der Waals surface area contributed by atoms with Crippen molar-refractivity contribution in [2.24, 2.45) is 5.41 Å². The first kappa shape index (κ1) is 18.2. The Bertz CT molecular complexity index is 643. The van der Waals surface area contributed by atoms with E-state index in [4.69, 9.17) is 4.84 Å². The average Bonchev–Trinajstić information content (AvgIpc) is 2.83. The molecule has 0 saturated carbocycles. The number of hydrogen-bond donors (Lipinski definition) is 1. The quantitative estimate of drug-likeness (QED) is 0.914. The lowest BCUT2D eigenvalue weighted by atomic mass is 9.77. The largest absolute Gasteiger partial charge is 0.508 e. The molecule has 0 unspecified atom stereocenters. The molecule has 5 heteroatoms. The van der Waals surface area contributed by atoms with Gasteiger partial charge in [0.25, 0.3) is 0 Å². The highest BCUT2D eigenvalue weighted by Crippen LogP contribution is 2.41. The molecule has 1 amide bonds. The van der Waals surface area contributed by atoms with Gasteiger partial charge in [0.1, 0.15) is 5.75 Å². The molecule has 0 aromatic heterocycles. The first-order chi connectivity index (χ1) is 11.7. The van der Waals surface area contributed by atoms with E-state index in [0.29, 0.717) is 18.3 Å². The van der Waals surface area contributed by atoms with E-state index in [1.807, 2.05) is 29.1 Å². The molecule has 0 bridgehead atoms. The van der Waals surface area contributed by atoms with Gasteiger partial charge >= 0.3 is 0 Å². The monoisotopic (exact) mass is 346 g/mol. The Labute approximate surface area is 150 Å². The Balaban J connectivity index is 1.57. The van der Waals surface area contributed by atoms with Crippen LogP contribution in [0.4, 0.5) is 0 Å². The summed E-state index contributed by atoms with van der Waals surface area (Å²) < 4.78 is 0. The van der Waals surface area contributed by atoms with Gasteiger partial charge in [0.15, 0.2) is 0 Å². The third kappa shape index (κ3) is 3.67. The predicted molar refractivity (Wildman–Crippen MR) is 97.1 cm³/mol. The molecule has 3 rings (SSSR count). The van der Waals surface area contributed by atoms with Crippen LogP contribution in [0, 0.1) is 5.41 Å². The van der Waals surface area contributed by atoms with Crippen LogP contribution in [0.1, 0.15) is 51.2 Å². The standard InChI is InChI=1S/C20H30N2O3/c1-19(2,3)16-13-15(5-6-17(16)23)14-25-22-11-8-20(9-12-22)7-10-21(4)18(20)24/h5-6,13,23H,7-12,14H2,1-4H3. The molecule has 0 radical (unpaired) electrons. The highest BCUT2D eigenvalue weighted by Gasteiger charge is 2.47. The summed E-state index contributed by atoms with van der Waals surface area (Å²) in [6.07, 6.45) is 2.72. The Morgan fingerprint density at radius 3 is 2.36 bits per heavy atom. The summed E-state index contributed by atoms with van der Waals surface area (Å²) in [6, 6.07) is 5.68. The van der Waals surface area contributed by atoms with E-state index >= 15 is 0 Å². The maximum Gasteiger partial charge on any atom is 0.228 e. The minimum absolute atomic E-state index is 0.105. The summed E-state index contributed by atoms with van der Waals surface area (Å²) in [6.45, 7) is 9.23. The van der Waals surface area contributed by atoms with Gasteiger partial charge < -0.3 is 10.0 Å². The number of carbonyl (C=O) groups excluding carboxylic acids is 1. The van der Waals surface area contributed by atoms with Crippen LogP contribution in [0.3, 0.4) is 0 Å². The van der Waals surface area contributed by atoms with Crippen LogP contribution in [0.25, 0.3) is 0 Å². The van der Waals surface area contributed by atoms with Gasteiger partial charge in [-0.05, 0) is 47.9 Å². The maximum absolute atomic E-state index is 12.4. The molecule has 2 aliphatic rings. The molecule has 138 valence electrons. The second-order valence-corrected chi connectivity index (χ2v) is 8.56. The van der Waals surface area contributed by atoms with Gasteiger partial charge in [0, 0.05) is 26.7 Å². The zero-order valence-corrected chi connectivity index (χ0v) is 15.8. The molecule has 0 atom stereocenters.